The van der Waals surface area contributed by atoms with Crippen molar-refractivity contribution < 1.29 is 28.5 Å². The summed E-state index contributed by atoms with van der Waals surface area (Å²) in [7, 11) is -4.03. The third-order valence-corrected chi connectivity index (χ3v) is 7.05. The Balaban J connectivity index is 4.26. The van der Waals surface area contributed by atoms with E-state index in [2.05, 4.69) is 31.0 Å². The van der Waals surface area contributed by atoms with Gasteiger partial charge in [-0.05, 0) is 23.0 Å². The van der Waals surface area contributed by atoms with Gasteiger partial charge in [0.2, 0.25) is 0 Å². The van der Waals surface area contributed by atoms with Gasteiger partial charge in [0.05, 0.1) is 11.2 Å². The number of carbonyl (C=O) groups excluding carboxylic acids is 1. The molecule has 0 aromatic carbocycles. The maximum absolute atomic E-state index is 12.4. The van der Waals surface area contributed by atoms with Gasteiger partial charge in [-0.25, -0.2) is 4.79 Å². The van der Waals surface area contributed by atoms with Crippen LogP contribution in [0.5, 0.6) is 0 Å². The summed E-state index contributed by atoms with van der Waals surface area (Å²) >= 11 is 0. The second kappa shape index (κ2) is 18.3. The number of esters is 1. The van der Waals surface area contributed by atoms with Gasteiger partial charge in [-0.2, -0.15) is 5.90 Å². The van der Waals surface area contributed by atoms with Gasteiger partial charge in [-0.1, -0.05) is 97.8 Å². The Morgan fingerprint density at radius 1 is 0.828 bits per heavy atom. The normalized spacial score (nSPS) is 15.6. The van der Waals surface area contributed by atoms with Gasteiger partial charge in [0.25, 0.3) is 5.25 Å². The van der Waals surface area contributed by atoms with Gasteiger partial charge in [0.1, 0.15) is 0 Å². The summed E-state index contributed by atoms with van der Waals surface area (Å²) in [6.07, 6.45) is 15.8. The van der Waals surface area contributed by atoms with E-state index in [4.69, 9.17) is 4.74 Å². The van der Waals surface area contributed by atoms with Gasteiger partial charge in [0.15, 0.2) is 0 Å². The molecule has 0 aromatic heterocycles. The summed E-state index contributed by atoms with van der Waals surface area (Å²) < 4.78 is 34.0. The quantitative estimate of drug-likeness (QED) is 0.120. The minimum absolute atomic E-state index is 0.235. The topological polar surface area (TPSA) is 100 Å². The van der Waals surface area contributed by atoms with Crippen LogP contribution >= 0.6 is 0 Å². The molecule has 0 bridgehead atoms. The minimum Gasteiger partial charge on any atom is -0.462 e. The van der Waals surface area contributed by atoms with E-state index in [9.17, 15) is 13.6 Å². The van der Waals surface area contributed by atoms with Gasteiger partial charge >= 0.3 is 16.5 Å². The SMILES string of the molecule is CCCCCCCCCCCCC(C(=O)OCC(CC)CCCC)[S+]([O])(=O)O[NH3+]. The zero-order valence-electron chi connectivity index (χ0n) is 19.1. The largest absolute Gasteiger partial charge is 0.462 e. The smallest absolute Gasteiger partial charge is 0.462 e. The molecule has 29 heavy (non-hydrogen) atoms. The summed E-state index contributed by atoms with van der Waals surface area (Å²) in [6.45, 7) is 6.68. The molecule has 7 heteroatoms. The summed E-state index contributed by atoms with van der Waals surface area (Å²) in [5.74, 6) is 2.60. The third-order valence-electron chi connectivity index (χ3n) is 5.60. The summed E-state index contributed by atoms with van der Waals surface area (Å²) in [6, 6.07) is 0. The molecule has 3 N–H and O–H groups in total. The second-order valence-electron chi connectivity index (χ2n) is 8.12. The van der Waals surface area contributed by atoms with E-state index >= 15 is 0 Å². The first-order chi connectivity index (χ1) is 13.9. The maximum Gasteiger partial charge on any atom is 0.462 e. The molecule has 0 saturated carbocycles. The molecule has 0 rings (SSSR count). The van der Waals surface area contributed by atoms with Crippen molar-refractivity contribution in [3.63, 3.8) is 0 Å². The van der Waals surface area contributed by atoms with Crippen molar-refractivity contribution in [3.8, 4) is 0 Å². The van der Waals surface area contributed by atoms with Crippen LogP contribution in [0.4, 0.5) is 0 Å². The molecule has 0 heterocycles. The molecule has 1 radical (unpaired) electrons. The molecular formula is C22H46NO5S+2. The predicted octanol–water partition coefficient (Wildman–Crippen LogP) is 5.36. The lowest BCUT2D eigenvalue weighted by Gasteiger charge is -2.16. The summed E-state index contributed by atoms with van der Waals surface area (Å²) in [5.41, 5.74) is 0. The molecule has 0 aliphatic rings. The Morgan fingerprint density at radius 2 is 1.34 bits per heavy atom. The molecule has 0 spiro atoms. The zero-order chi connectivity index (χ0) is 22.0. The summed E-state index contributed by atoms with van der Waals surface area (Å²) in [4.78, 5) is 12.4. The van der Waals surface area contributed by atoms with Crippen LogP contribution in [0.3, 0.4) is 0 Å². The van der Waals surface area contributed by atoms with Crippen LogP contribution in [0.15, 0.2) is 0 Å². The lowest BCUT2D eigenvalue weighted by atomic mass is 10.0. The van der Waals surface area contributed by atoms with Crippen LogP contribution in [0.2, 0.25) is 0 Å². The number of ether oxygens (including phenoxy) is 1. The van der Waals surface area contributed by atoms with E-state index in [0.29, 0.717) is 6.42 Å². The van der Waals surface area contributed by atoms with E-state index in [0.717, 1.165) is 44.9 Å². The lowest BCUT2D eigenvalue weighted by Crippen LogP contribution is -2.56. The highest BCUT2D eigenvalue weighted by Gasteiger charge is 2.51. The number of quaternary nitrogens is 1. The Bertz CT molecular complexity index is 447. The molecule has 0 aromatic rings. The third kappa shape index (κ3) is 14.2. The van der Waals surface area contributed by atoms with Crippen molar-refractivity contribution in [2.24, 2.45) is 5.92 Å². The molecule has 0 aliphatic carbocycles. The van der Waals surface area contributed by atoms with E-state index in [1.165, 1.54) is 38.5 Å². The van der Waals surface area contributed by atoms with Crippen LogP contribution in [-0.4, -0.2) is 17.8 Å². The Morgan fingerprint density at radius 3 is 1.83 bits per heavy atom. The highest BCUT2D eigenvalue weighted by molar-refractivity contribution is 7.94. The number of hydrogen-bond donors (Lipinski definition) is 1. The molecule has 0 saturated heterocycles. The van der Waals surface area contributed by atoms with E-state index < -0.39 is 21.7 Å². The molecule has 0 fully saturated rings. The fourth-order valence-corrected chi connectivity index (χ4v) is 4.39. The molecule has 6 nitrogen and oxygen atoms in total. The number of unbranched alkanes of at least 4 members (excludes halogenated alkanes) is 10. The first-order valence-corrected chi connectivity index (χ1v) is 13.2. The first-order valence-electron chi connectivity index (χ1n) is 11.8. The van der Waals surface area contributed by atoms with Crippen LogP contribution in [0.25, 0.3) is 0 Å². The second-order valence-corrected chi connectivity index (χ2v) is 9.91. The Kier molecular flexibility index (Phi) is 18.0. The van der Waals surface area contributed by atoms with Gasteiger partial charge in [-0.15, -0.1) is 0 Å². The van der Waals surface area contributed by atoms with E-state index in [1.54, 1.807) is 0 Å². The van der Waals surface area contributed by atoms with Crippen molar-refractivity contribution >= 4 is 16.5 Å². The van der Waals surface area contributed by atoms with Crippen LogP contribution in [-0.2, 0) is 33.1 Å². The molecular weight excluding hydrogens is 390 g/mol. The number of rotatable bonds is 20. The van der Waals surface area contributed by atoms with Crippen molar-refractivity contribution in [1.29, 1.82) is 0 Å². The highest BCUT2D eigenvalue weighted by Crippen LogP contribution is 2.21. The van der Waals surface area contributed by atoms with Crippen molar-refractivity contribution in [2.75, 3.05) is 6.61 Å². The summed E-state index contributed by atoms with van der Waals surface area (Å²) in [5, 5.41) is -1.27. The molecule has 3 unspecified atom stereocenters. The minimum atomic E-state index is -4.03. The standard InChI is InChI=1S/C22H46NO5S/c1-4-7-9-10-11-12-13-14-15-16-18-21(29(25,26)28-23)22(24)27-19-20(6-3)17-8-5-2/h20-21H,4-19H2,1-3,23H3/q+2. The molecule has 0 aliphatic heterocycles. The van der Waals surface area contributed by atoms with Crippen molar-refractivity contribution in [1.82, 2.24) is 0 Å². The van der Waals surface area contributed by atoms with Crippen LogP contribution in [0, 0.1) is 5.92 Å². The average Bonchev–Trinajstić information content (AvgIpc) is 2.71. The molecule has 0 amide bonds. The maximum atomic E-state index is 12.4. The van der Waals surface area contributed by atoms with E-state index in [1.807, 2.05) is 0 Å². The van der Waals surface area contributed by atoms with Crippen molar-refractivity contribution in [3.05, 3.63) is 0 Å². The van der Waals surface area contributed by atoms with E-state index in [-0.39, 0.29) is 18.9 Å². The predicted molar refractivity (Wildman–Crippen MR) is 117 cm³/mol. The Hall–Kier alpha value is -0.500. The zero-order valence-corrected chi connectivity index (χ0v) is 19.9. The number of hydrogen-bond acceptors (Lipinski definition) is 4. The lowest BCUT2D eigenvalue weighted by molar-refractivity contribution is -0.637. The fraction of sp³-hybridized carbons (Fsp3) is 0.955. The van der Waals surface area contributed by atoms with Crippen LogP contribution in [0.1, 0.15) is 117 Å². The monoisotopic (exact) mass is 436 g/mol. The Labute approximate surface area is 180 Å². The molecule has 3 atom stereocenters. The fourth-order valence-electron chi connectivity index (χ4n) is 3.47. The number of carbonyl (C=O) groups is 1. The van der Waals surface area contributed by atoms with Gasteiger partial charge in [0, 0.05) is 10.7 Å². The highest BCUT2D eigenvalue weighted by atomic mass is 32.3. The average molecular weight is 437 g/mol. The van der Waals surface area contributed by atoms with Gasteiger partial charge < -0.3 is 4.74 Å². The first kappa shape index (κ1) is 28.5. The van der Waals surface area contributed by atoms with Gasteiger partial charge in [-0.3, -0.25) is 0 Å². The van der Waals surface area contributed by atoms with Crippen molar-refractivity contribution in [2.45, 2.75) is 122 Å². The molecule has 173 valence electrons. The van der Waals surface area contributed by atoms with Crippen LogP contribution < -0.4 is 5.90 Å².